The van der Waals surface area contributed by atoms with Crippen molar-refractivity contribution < 1.29 is 4.79 Å². The topological polar surface area (TPSA) is 72.7 Å². The van der Waals surface area contributed by atoms with Gasteiger partial charge in [-0.15, -0.1) is 21.5 Å². The molecule has 1 aromatic carbocycles. The second kappa shape index (κ2) is 6.92. The van der Waals surface area contributed by atoms with E-state index in [2.05, 4.69) is 20.5 Å². The first-order valence-corrected chi connectivity index (χ1v) is 8.60. The Balaban J connectivity index is 1.87. The van der Waals surface area contributed by atoms with Gasteiger partial charge in [0.15, 0.2) is 0 Å². The van der Waals surface area contributed by atoms with Gasteiger partial charge in [0.05, 0.1) is 23.0 Å². The third kappa shape index (κ3) is 3.21. The average molecular weight is 341 g/mol. The number of benzene rings is 1. The quantitative estimate of drug-likeness (QED) is 0.773. The first-order valence-electron chi connectivity index (χ1n) is 7.79. The molecule has 1 atom stereocenters. The molecule has 124 valence electrons. The molecule has 1 unspecified atom stereocenters. The summed E-state index contributed by atoms with van der Waals surface area (Å²) in [7, 11) is 0. The molecule has 0 aliphatic carbocycles. The van der Waals surface area contributed by atoms with Gasteiger partial charge in [0.25, 0.3) is 5.91 Å². The lowest BCUT2D eigenvalue weighted by Gasteiger charge is -2.16. The number of nitrogens with one attached hydrogen (secondary N) is 1. The molecule has 24 heavy (non-hydrogen) atoms. The number of rotatable bonds is 5. The van der Waals surface area contributed by atoms with Crippen LogP contribution in [0.25, 0.3) is 5.69 Å². The molecule has 0 aliphatic heterocycles. The Morgan fingerprint density at radius 1 is 1.25 bits per heavy atom. The van der Waals surface area contributed by atoms with Gasteiger partial charge in [-0.25, -0.2) is 4.98 Å². The summed E-state index contributed by atoms with van der Waals surface area (Å²) in [4.78, 5) is 18.6. The van der Waals surface area contributed by atoms with Crippen LogP contribution in [0, 0.1) is 13.8 Å². The van der Waals surface area contributed by atoms with Crippen LogP contribution in [0.5, 0.6) is 0 Å². The van der Waals surface area contributed by atoms with Gasteiger partial charge in [-0.2, -0.15) is 0 Å². The van der Waals surface area contributed by atoms with Gasteiger partial charge in [0.2, 0.25) is 0 Å². The van der Waals surface area contributed by atoms with Crippen molar-refractivity contribution in [2.24, 2.45) is 0 Å². The summed E-state index contributed by atoms with van der Waals surface area (Å²) in [5, 5.41) is 11.7. The maximum atomic E-state index is 12.8. The van der Waals surface area contributed by atoms with Gasteiger partial charge < -0.3 is 5.32 Å². The van der Waals surface area contributed by atoms with Crippen molar-refractivity contribution in [3.05, 3.63) is 58.1 Å². The van der Waals surface area contributed by atoms with Crippen molar-refractivity contribution in [3.63, 3.8) is 0 Å². The number of aryl methyl sites for hydroxylation is 2. The average Bonchev–Trinajstić information content (AvgIpc) is 3.23. The fraction of sp³-hybridized carbons (Fsp3) is 0.294. The Kier molecular flexibility index (Phi) is 4.71. The van der Waals surface area contributed by atoms with Crippen molar-refractivity contribution >= 4 is 17.2 Å². The molecule has 0 bridgehead atoms. The van der Waals surface area contributed by atoms with Crippen LogP contribution < -0.4 is 5.32 Å². The molecule has 2 heterocycles. The van der Waals surface area contributed by atoms with Crippen molar-refractivity contribution in [1.82, 2.24) is 25.1 Å². The molecule has 1 N–H and O–H groups in total. The number of para-hydroxylation sites is 1. The number of carbonyl (C=O) groups excluding carboxylic acids is 1. The van der Waals surface area contributed by atoms with E-state index in [9.17, 15) is 4.79 Å². The molecule has 6 nitrogen and oxygen atoms in total. The summed E-state index contributed by atoms with van der Waals surface area (Å²) >= 11 is 1.64. The molecule has 2 aromatic heterocycles. The lowest BCUT2D eigenvalue weighted by atomic mass is 10.1. The zero-order valence-corrected chi connectivity index (χ0v) is 14.7. The summed E-state index contributed by atoms with van der Waals surface area (Å²) < 4.78 is 1.73. The molecule has 1 amide bonds. The van der Waals surface area contributed by atoms with Gasteiger partial charge in [-0.3, -0.25) is 9.36 Å². The van der Waals surface area contributed by atoms with Crippen molar-refractivity contribution in [1.29, 1.82) is 0 Å². The Labute approximate surface area is 144 Å². The predicted molar refractivity (Wildman–Crippen MR) is 93.4 cm³/mol. The van der Waals surface area contributed by atoms with Crippen molar-refractivity contribution in [2.45, 2.75) is 33.2 Å². The Hall–Kier alpha value is -2.54. The minimum Gasteiger partial charge on any atom is -0.343 e. The maximum absolute atomic E-state index is 12.8. The summed E-state index contributed by atoms with van der Waals surface area (Å²) in [5.74, 6) is -0.128. The third-order valence-electron chi connectivity index (χ3n) is 3.90. The maximum Gasteiger partial charge on any atom is 0.253 e. The molecule has 3 rings (SSSR count). The number of carbonyl (C=O) groups is 1. The highest BCUT2D eigenvalue weighted by Gasteiger charge is 2.20. The Morgan fingerprint density at radius 3 is 2.58 bits per heavy atom. The van der Waals surface area contributed by atoms with Crippen LogP contribution in [0.3, 0.4) is 0 Å². The molecule has 3 aromatic rings. The highest BCUT2D eigenvalue weighted by atomic mass is 32.1. The minimum absolute atomic E-state index is 0.0936. The van der Waals surface area contributed by atoms with E-state index in [0.29, 0.717) is 5.56 Å². The zero-order chi connectivity index (χ0) is 17.1. The molecule has 0 saturated heterocycles. The lowest BCUT2D eigenvalue weighted by Crippen LogP contribution is -2.29. The monoisotopic (exact) mass is 341 g/mol. The second-order valence-electron chi connectivity index (χ2n) is 5.51. The van der Waals surface area contributed by atoms with Gasteiger partial charge >= 0.3 is 0 Å². The second-order valence-corrected chi connectivity index (χ2v) is 6.75. The van der Waals surface area contributed by atoms with Crippen LogP contribution >= 0.6 is 11.3 Å². The van der Waals surface area contributed by atoms with E-state index >= 15 is 0 Å². The fourth-order valence-electron chi connectivity index (χ4n) is 2.44. The highest BCUT2D eigenvalue weighted by Crippen LogP contribution is 2.25. The lowest BCUT2D eigenvalue weighted by molar-refractivity contribution is 0.0935. The SMILES string of the molecule is CCC(NC(=O)c1ccccc1-n1cnnc1)c1nc(C)c(C)s1. The summed E-state index contributed by atoms with van der Waals surface area (Å²) in [5.41, 5.74) is 2.36. The van der Waals surface area contributed by atoms with Crippen LogP contribution in [0.1, 0.15) is 45.3 Å². The van der Waals surface area contributed by atoms with Gasteiger partial charge in [-0.1, -0.05) is 19.1 Å². The summed E-state index contributed by atoms with van der Waals surface area (Å²) in [6.45, 7) is 6.08. The fourth-order valence-corrected chi connectivity index (χ4v) is 3.49. The zero-order valence-electron chi connectivity index (χ0n) is 13.9. The smallest absolute Gasteiger partial charge is 0.253 e. The molecular formula is C17H19N5OS. The van der Waals surface area contributed by atoms with Crippen LogP contribution in [0.15, 0.2) is 36.9 Å². The minimum atomic E-state index is -0.128. The molecule has 0 radical (unpaired) electrons. The van der Waals surface area contributed by atoms with Gasteiger partial charge in [-0.05, 0) is 32.4 Å². The first-order chi connectivity index (χ1) is 11.6. The number of thiazole rings is 1. The van der Waals surface area contributed by atoms with E-state index in [4.69, 9.17) is 0 Å². The van der Waals surface area contributed by atoms with Crippen LogP contribution in [0.4, 0.5) is 0 Å². The van der Waals surface area contributed by atoms with E-state index in [1.165, 1.54) is 4.88 Å². The Morgan fingerprint density at radius 2 is 1.96 bits per heavy atom. The molecule has 7 heteroatoms. The molecule has 0 spiro atoms. The van der Waals surface area contributed by atoms with E-state index in [1.54, 1.807) is 34.6 Å². The standard InChI is InChI=1S/C17H19N5OS/c1-4-14(17-20-11(2)12(3)24-17)21-16(23)13-7-5-6-8-15(13)22-9-18-19-10-22/h5-10,14H,4H2,1-3H3,(H,21,23). The number of amides is 1. The van der Waals surface area contributed by atoms with Gasteiger partial charge in [0, 0.05) is 4.88 Å². The molecule has 0 fully saturated rings. The van der Waals surface area contributed by atoms with Gasteiger partial charge in [0.1, 0.15) is 17.7 Å². The predicted octanol–water partition coefficient (Wildman–Crippen LogP) is 3.22. The Bertz CT molecular complexity index is 821. The third-order valence-corrected chi connectivity index (χ3v) is 5.09. The highest BCUT2D eigenvalue weighted by molar-refractivity contribution is 7.11. The molecular weight excluding hydrogens is 322 g/mol. The van der Waals surface area contributed by atoms with E-state index in [0.717, 1.165) is 22.8 Å². The number of nitrogens with zero attached hydrogens (tertiary/aromatic N) is 4. The first kappa shape index (κ1) is 16.3. The largest absolute Gasteiger partial charge is 0.343 e. The van der Waals surface area contributed by atoms with E-state index in [1.807, 2.05) is 39.0 Å². The molecule has 0 saturated carbocycles. The van der Waals surface area contributed by atoms with E-state index in [-0.39, 0.29) is 11.9 Å². The van der Waals surface area contributed by atoms with Crippen LogP contribution in [-0.2, 0) is 0 Å². The number of aromatic nitrogens is 4. The molecule has 0 aliphatic rings. The normalized spacial score (nSPS) is 12.1. The summed E-state index contributed by atoms with van der Waals surface area (Å²) in [6, 6.07) is 7.31. The number of hydrogen-bond acceptors (Lipinski definition) is 5. The van der Waals surface area contributed by atoms with Crippen molar-refractivity contribution in [2.75, 3.05) is 0 Å². The summed E-state index contributed by atoms with van der Waals surface area (Å²) in [6.07, 6.45) is 3.95. The number of hydrogen-bond donors (Lipinski definition) is 1. The van der Waals surface area contributed by atoms with E-state index < -0.39 is 0 Å². The van der Waals surface area contributed by atoms with Crippen molar-refractivity contribution in [3.8, 4) is 5.69 Å². The van der Waals surface area contributed by atoms with Crippen LogP contribution in [-0.4, -0.2) is 25.7 Å². The van der Waals surface area contributed by atoms with Crippen LogP contribution in [0.2, 0.25) is 0 Å².